The van der Waals surface area contributed by atoms with Crippen LogP contribution in [0.25, 0.3) is 0 Å². The number of nitrogens with zero attached hydrogens (tertiary/aromatic N) is 1. The van der Waals surface area contributed by atoms with Crippen molar-refractivity contribution in [3.63, 3.8) is 0 Å². The highest BCUT2D eigenvalue weighted by Gasteiger charge is 2.37. The van der Waals surface area contributed by atoms with E-state index in [1.807, 2.05) is 0 Å². The Labute approximate surface area is 89.9 Å². The van der Waals surface area contributed by atoms with Crippen LogP contribution in [0.5, 0.6) is 0 Å². The SMILES string of the molecule is CC1CN2C(=O)CCC2c2ccccc21. The highest BCUT2D eigenvalue weighted by atomic mass is 16.2. The second kappa shape index (κ2) is 3.09. The normalized spacial score (nSPS) is 28.9. The Bertz CT molecular complexity index is 413. The van der Waals surface area contributed by atoms with Gasteiger partial charge < -0.3 is 4.90 Å². The van der Waals surface area contributed by atoms with Crippen LogP contribution in [0, 0.1) is 0 Å². The third kappa shape index (κ3) is 1.21. The van der Waals surface area contributed by atoms with Crippen molar-refractivity contribution >= 4 is 5.91 Å². The van der Waals surface area contributed by atoms with Gasteiger partial charge in [-0.15, -0.1) is 0 Å². The quantitative estimate of drug-likeness (QED) is 0.631. The molecule has 0 aromatic heterocycles. The van der Waals surface area contributed by atoms with Gasteiger partial charge in [0.2, 0.25) is 5.91 Å². The van der Waals surface area contributed by atoms with Gasteiger partial charge in [0.25, 0.3) is 0 Å². The van der Waals surface area contributed by atoms with Crippen LogP contribution in [0.1, 0.15) is 42.9 Å². The summed E-state index contributed by atoms with van der Waals surface area (Å²) in [4.78, 5) is 13.8. The summed E-state index contributed by atoms with van der Waals surface area (Å²) >= 11 is 0. The van der Waals surface area contributed by atoms with Gasteiger partial charge in [-0.3, -0.25) is 4.79 Å². The number of hydrogen-bond donors (Lipinski definition) is 0. The van der Waals surface area contributed by atoms with E-state index in [4.69, 9.17) is 0 Å². The van der Waals surface area contributed by atoms with Crippen LogP contribution in [-0.2, 0) is 4.79 Å². The highest BCUT2D eigenvalue weighted by molar-refractivity contribution is 5.79. The Morgan fingerprint density at radius 2 is 2.00 bits per heavy atom. The molecule has 2 heteroatoms. The molecule has 15 heavy (non-hydrogen) atoms. The van der Waals surface area contributed by atoms with Crippen LogP contribution in [0.4, 0.5) is 0 Å². The van der Waals surface area contributed by atoms with Crippen LogP contribution in [0.2, 0.25) is 0 Å². The zero-order valence-electron chi connectivity index (χ0n) is 8.94. The molecule has 0 saturated carbocycles. The van der Waals surface area contributed by atoms with Gasteiger partial charge >= 0.3 is 0 Å². The number of benzene rings is 1. The fraction of sp³-hybridized carbons (Fsp3) is 0.462. The Morgan fingerprint density at radius 3 is 2.80 bits per heavy atom. The predicted molar refractivity (Wildman–Crippen MR) is 58.5 cm³/mol. The lowest BCUT2D eigenvalue weighted by Crippen LogP contribution is -2.35. The molecule has 2 unspecified atom stereocenters. The topological polar surface area (TPSA) is 20.3 Å². The van der Waals surface area contributed by atoms with Gasteiger partial charge in [0.05, 0.1) is 6.04 Å². The summed E-state index contributed by atoms with van der Waals surface area (Å²) < 4.78 is 0. The molecule has 78 valence electrons. The lowest BCUT2D eigenvalue weighted by Gasteiger charge is -2.35. The standard InChI is InChI=1S/C13H15NO/c1-9-8-14-12(6-7-13(14)15)11-5-3-2-4-10(9)11/h2-5,9,12H,6-8H2,1H3. The van der Waals surface area contributed by atoms with E-state index in [1.165, 1.54) is 11.1 Å². The zero-order valence-corrected chi connectivity index (χ0v) is 8.94. The maximum absolute atomic E-state index is 11.7. The molecule has 1 fully saturated rings. The summed E-state index contributed by atoms with van der Waals surface area (Å²) in [6.45, 7) is 3.11. The van der Waals surface area contributed by atoms with Crippen molar-refractivity contribution in [2.24, 2.45) is 0 Å². The van der Waals surface area contributed by atoms with Gasteiger partial charge in [-0.25, -0.2) is 0 Å². The van der Waals surface area contributed by atoms with Gasteiger partial charge in [0.15, 0.2) is 0 Å². The predicted octanol–water partition coefficient (Wildman–Crippen LogP) is 2.47. The molecule has 2 heterocycles. The van der Waals surface area contributed by atoms with E-state index < -0.39 is 0 Å². The van der Waals surface area contributed by atoms with Crippen LogP contribution in [-0.4, -0.2) is 17.4 Å². The van der Waals surface area contributed by atoms with E-state index in [0.29, 0.717) is 17.9 Å². The van der Waals surface area contributed by atoms with Gasteiger partial charge in [-0.1, -0.05) is 31.2 Å². The zero-order chi connectivity index (χ0) is 10.4. The minimum absolute atomic E-state index is 0.335. The highest BCUT2D eigenvalue weighted by Crippen LogP contribution is 2.41. The fourth-order valence-corrected chi connectivity index (χ4v) is 2.94. The molecule has 0 spiro atoms. The van der Waals surface area contributed by atoms with E-state index in [2.05, 4.69) is 36.1 Å². The largest absolute Gasteiger partial charge is 0.335 e. The summed E-state index contributed by atoms with van der Waals surface area (Å²) in [6.07, 6.45) is 1.73. The van der Waals surface area contributed by atoms with Crippen molar-refractivity contribution in [1.29, 1.82) is 0 Å². The number of carbonyl (C=O) groups is 1. The maximum atomic E-state index is 11.7. The van der Waals surface area contributed by atoms with Gasteiger partial charge in [0.1, 0.15) is 0 Å². The second-order valence-electron chi connectivity index (χ2n) is 4.63. The van der Waals surface area contributed by atoms with Crippen molar-refractivity contribution in [3.8, 4) is 0 Å². The lowest BCUT2D eigenvalue weighted by molar-refractivity contribution is -0.129. The number of fused-ring (bicyclic) bond motifs is 3. The summed E-state index contributed by atoms with van der Waals surface area (Å²) in [7, 11) is 0. The number of rotatable bonds is 0. The molecule has 1 aromatic rings. The average Bonchev–Trinajstić information content (AvgIpc) is 2.62. The minimum atomic E-state index is 0.335. The second-order valence-corrected chi connectivity index (χ2v) is 4.63. The van der Waals surface area contributed by atoms with Crippen molar-refractivity contribution in [2.75, 3.05) is 6.54 Å². The average molecular weight is 201 g/mol. The van der Waals surface area contributed by atoms with Gasteiger partial charge in [-0.05, 0) is 23.5 Å². The monoisotopic (exact) mass is 201 g/mol. The Kier molecular flexibility index (Phi) is 1.84. The van der Waals surface area contributed by atoms with Crippen LogP contribution >= 0.6 is 0 Å². The Balaban J connectivity index is 2.10. The third-order valence-corrected chi connectivity index (χ3v) is 3.68. The van der Waals surface area contributed by atoms with Crippen molar-refractivity contribution in [2.45, 2.75) is 31.7 Å². The van der Waals surface area contributed by atoms with Gasteiger partial charge in [0, 0.05) is 13.0 Å². The van der Waals surface area contributed by atoms with Crippen molar-refractivity contribution in [1.82, 2.24) is 4.90 Å². The van der Waals surface area contributed by atoms with E-state index in [0.717, 1.165) is 19.4 Å². The van der Waals surface area contributed by atoms with Crippen molar-refractivity contribution < 1.29 is 4.79 Å². The molecule has 2 aliphatic heterocycles. The Morgan fingerprint density at radius 1 is 1.27 bits per heavy atom. The van der Waals surface area contributed by atoms with Crippen LogP contribution < -0.4 is 0 Å². The molecule has 2 aliphatic rings. The molecule has 1 amide bonds. The number of hydrogen-bond acceptors (Lipinski definition) is 1. The Hall–Kier alpha value is -1.31. The smallest absolute Gasteiger partial charge is 0.223 e. The molecule has 3 rings (SSSR count). The first kappa shape index (κ1) is 8.96. The summed E-state index contributed by atoms with van der Waals surface area (Å²) in [6, 6.07) is 8.94. The van der Waals surface area contributed by atoms with E-state index in [1.54, 1.807) is 0 Å². The summed E-state index contributed by atoms with van der Waals surface area (Å²) in [5.41, 5.74) is 2.82. The van der Waals surface area contributed by atoms with Crippen LogP contribution in [0.3, 0.4) is 0 Å². The van der Waals surface area contributed by atoms with Gasteiger partial charge in [-0.2, -0.15) is 0 Å². The molecule has 0 aliphatic carbocycles. The molecule has 2 nitrogen and oxygen atoms in total. The first-order chi connectivity index (χ1) is 7.27. The third-order valence-electron chi connectivity index (χ3n) is 3.68. The maximum Gasteiger partial charge on any atom is 0.223 e. The van der Waals surface area contributed by atoms with E-state index in [-0.39, 0.29) is 0 Å². The molecule has 1 saturated heterocycles. The van der Waals surface area contributed by atoms with E-state index >= 15 is 0 Å². The fourth-order valence-electron chi connectivity index (χ4n) is 2.94. The van der Waals surface area contributed by atoms with Crippen molar-refractivity contribution in [3.05, 3.63) is 35.4 Å². The lowest BCUT2D eigenvalue weighted by atomic mass is 9.87. The first-order valence-electron chi connectivity index (χ1n) is 5.65. The first-order valence-corrected chi connectivity index (χ1v) is 5.65. The molecule has 0 bridgehead atoms. The van der Waals surface area contributed by atoms with Crippen LogP contribution in [0.15, 0.2) is 24.3 Å². The molecule has 2 atom stereocenters. The molecule has 1 aromatic carbocycles. The number of amides is 1. The molecular weight excluding hydrogens is 186 g/mol. The molecule has 0 radical (unpaired) electrons. The summed E-state index contributed by atoms with van der Waals surface area (Å²) in [5, 5.41) is 0. The molecular formula is C13H15NO. The summed E-state index contributed by atoms with van der Waals surface area (Å²) in [5.74, 6) is 0.820. The number of carbonyl (C=O) groups excluding carboxylic acids is 1. The van der Waals surface area contributed by atoms with E-state index in [9.17, 15) is 4.79 Å². The minimum Gasteiger partial charge on any atom is -0.335 e. The molecule has 0 N–H and O–H groups in total.